The smallest absolute Gasteiger partial charge is 0.326 e. The number of carbonyl (C=O) groups is 1. The van der Waals surface area contributed by atoms with Crippen LogP contribution in [0.4, 0.5) is 32.6 Å². The Kier molecular flexibility index (Phi) is 5.66. The average Bonchev–Trinajstić information content (AvgIpc) is 3.33. The van der Waals surface area contributed by atoms with Gasteiger partial charge >= 0.3 is 6.03 Å². The number of nitrogens with zero attached hydrogens (tertiary/aromatic N) is 4. The first-order valence-electron chi connectivity index (χ1n) is 10.8. The molecule has 0 spiro atoms. The molecule has 0 radical (unpaired) electrons. The third kappa shape index (κ3) is 3.77. The molecule has 4 heterocycles. The van der Waals surface area contributed by atoms with Gasteiger partial charge in [-0.1, -0.05) is 5.16 Å². The van der Waals surface area contributed by atoms with Crippen LogP contribution >= 0.6 is 0 Å². The fourth-order valence-electron chi connectivity index (χ4n) is 4.61. The van der Waals surface area contributed by atoms with Gasteiger partial charge in [0.05, 0.1) is 16.7 Å². The Morgan fingerprint density at radius 3 is 2.58 bits per heavy atom. The second-order valence-corrected chi connectivity index (χ2v) is 10.5. The number of carbonyl (C=O) groups excluding carboxylic acids is 1. The number of nitrogens with one attached hydrogen (secondary N) is 1. The van der Waals surface area contributed by atoms with Gasteiger partial charge in [-0.25, -0.2) is 44.9 Å². The molecule has 0 saturated carbocycles. The van der Waals surface area contributed by atoms with Crippen molar-refractivity contribution in [2.45, 2.75) is 31.4 Å². The summed E-state index contributed by atoms with van der Waals surface area (Å²) in [5, 5.41) is 3.72. The van der Waals surface area contributed by atoms with Gasteiger partial charge in [-0.2, -0.15) is 0 Å². The maximum Gasteiger partial charge on any atom is 0.326 e. The van der Waals surface area contributed by atoms with Crippen molar-refractivity contribution in [3.8, 4) is 11.1 Å². The fraction of sp³-hybridized carbons (Fsp3) is 0.381. The molecule has 2 amide bonds. The van der Waals surface area contributed by atoms with E-state index in [-0.39, 0.29) is 35.4 Å². The summed E-state index contributed by atoms with van der Waals surface area (Å²) in [6, 6.07) is -2.14. The third-order valence-corrected chi connectivity index (χ3v) is 7.76. The fourth-order valence-corrected chi connectivity index (χ4v) is 5.44. The minimum Gasteiger partial charge on any atom is -0.334 e. The number of hydrogen-bond acceptors (Lipinski definition) is 6. The van der Waals surface area contributed by atoms with Crippen molar-refractivity contribution in [1.29, 1.82) is 0 Å². The number of fused-ring (bicyclic) bond motifs is 2. The van der Waals surface area contributed by atoms with Crippen LogP contribution in [0.15, 0.2) is 28.9 Å². The van der Waals surface area contributed by atoms with Gasteiger partial charge < -0.3 is 9.42 Å². The molecule has 2 fully saturated rings. The normalized spacial score (nSPS) is 21.9. The summed E-state index contributed by atoms with van der Waals surface area (Å²) in [5.74, 6) is -7.75. The molecule has 3 aromatic rings. The summed E-state index contributed by atoms with van der Waals surface area (Å²) in [6.45, 7) is 0.422. The number of hydrogen-bond donors (Lipinski definition) is 1. The molecule has 9 nitrogen and oxygen atoms in total. The van der Waals surface area contributed by atoms with Gasteiger partial charge in [0, 0.05) is 37.0 Å². The first kappa shape index (κ1) is 24.4. The van der Waals surface area contributed by atoms with E-state index in [1.807, 2.05) is 4.72 Å². The molecule has 15 heteroatoms. The van der Waals surface area contributed by atoms with Gasteiger partial charge in [-0.3, -0.25) is 4.90 Å². The van der Waals surface area contributed by atoms with Crippen LogP contribution in [0.1, 0.15) is 13.3 Å². The summed E-state index contributed by atoms with van der Waals surface area (Å²) < 4.78 is 104. The number of halogens is 5. The lowest BCUT2D eigenvalue weighted by atomic mass is 10.0. The van der Waals surface area contributed by atoms with Crippen LogP contribution in [-0.2, 0) is 10.0 Å². The standard InChI is InChI=1S/C21H18F5N5O4S/c1-2-36(33,34)29-14-9-31-15(21(14,25)26)4-6-30(20(31)32)18-17-11(3-5-27-19(17)35-28-18)16-12(23)7-10(22)8-13(16)24/h3,5,7-8,14-15,29H,2,4,6,9H2,1H3/t14-,15-/m1/s1. The van der Waals surface area contributed by atoms with Crippen LogP contribution in [0.5, 0.6) is 0 Å². The number of amides is 2. The molecule has 192 valence electrons. The maximum atomic E-state index is 15.0. The highest BCUT2D eigenvalue weighted by molar-refractivity contribution is 7.89. The molecule has 1 N–H and O–H groups in total. The van der Waals surface area contributed by atoms with Crippen LogP contribution in [0.25, 0.3) is 22.2 Å². The van der Waals surface area contributed by atoms with Gasteiger partial charge in [0.15, 0.2) is 5.82 Å². The summed E-state index contributed by atoms with van der Waals surface area (Å²) in [7, 11) is -3.98. The van der Waals surface area contributed by atoms with Gasteiger partial charge in [-0.15, -0.1) is 0 Å². The first-order chi connectivity index (χ1) is 16.9. The topological polar surface area (TPSA) is 109 Å². The van der Waals surface area contributed by atoms with E-state index >= 15 is 8.78 Å². The van der Waals surface area contributed by atoms with Crippen molar-refractivity contribution in [3.63, 3.8) is 0 Å². The molecule has 0 unspecified atom stereocenters. The zero-order valence-corrected chi connectivity index (χ0v) is 19.3. The third-order valence-electron chi connectivity index (χ3n) is 6.36. The van der Waals surface area contributed by atoms with E-state index in [0.717, 1.165) is 9.80 Å². The molecule has 0 aliphatic carbocycles. The van der Waals surface area contributed by atoms with Crippen molar-refractivity contribution in [3.05, 3.63) is 41.8 Å². The Labute approximate surface area is 200 Å². The Morgan fingerprint density at radius 2 is 1.92 bits per heavy atom. The van der Waals surface area contributed by atoms with Crippen molar-refractivity contribution in [2.75, 3.05) is 23.7 Å². The van der Waals surface area contributed by atoms with Crippen LogP contribution in [-0.4, -0.2) is 66.3 Å². The molecule has 2 aliphatic heterocycles. The lowest BCUT2D eigenvalue weighted by Gasteiger charge is -2.37. The number of urea groups is 1. The highest BCUT2D eigenvalue weighted by Crippen LogP contribution is 2.43. The molecular formula is C21H18F5N5O4S. The first-order valence-corrected chi connectivity index (χ1v) is 12.4. The maximum absolute atomic E-state index is 15.0. The predicted octanol–water partition coefficient (Wildman–Crippen LogP) is 3.26. The average molecular weight is 531 g/mol. The Hall–Kier alpha value is -3.33. The van der Waals surface area contributed by atoms with E-state index in [2.05, 4.69) is 10.1 Å². The Bertz CT molecular complexity index is 1460. The monoisotopic (exact) mass is 531 g/mol. The number of alkyl halides is 2. The minimum atomic E-state index is -3.98. The quantitative estimate of drug-likeness (QED) is 0.507. The van der Waals surface area contributed by atoms with E-state index in [1.54, 1.807) is 0 Å². The highest BCUT2D eigenvalue weighted by Gasteiger charge is 2.60. The number of sulfonamides is 1. The summed E-state index contributed by atoms with van der Waals surface area (Å²) in [5.41, 5.74) is -0.945. The van der Waals surface area contributed by atoms with Crippen LogP contribution in [0.2, 0.25) is 0 Å². The Balaban J connectivity index is 1.55. The van der Waals surface area contributed by atoms with E-state index in [9.17, 15) is 26.4 Å². The summed E-state index contributed by atoms with van der Waals surface area (Å²) in [4.78, 5) is 19.1. The van der Waals surface area contributed by atoms with Crippen molar-refractivity contribution in [2.24, 2.45) is 0 Å². The van der Waals surface area contributed by atoms with Gasteiger partial charge in [0.1, 0.15) is 29.5 Å². The molecule has 1 aromatic carbocycles. The number of rotatable bonds is 5. The zero-order chi connectivity index (χ0) is 26.0. The predicted molar refractivity (Wildman–Crippen MR) is 116 cm³/mol. The molecule has 36 heavy (non-hydrogen) atoms. The summed E-state index contributed by atoms with van der Waals surface area (Å²) in [6.07, 6.45) is 0.917. The molecule has 2 aromatic heterocycles. The second-order valence-electron chi connectivity index (χ2n) is 8.43. The number of anilines is 1. The molecular weight excluding hydrogens is 513 g/mol. The van der Waals surface area contributed by atoms with Crippen LogP contribution in [0, 0.1) is 17.5 Å². The Morgan fingerprint density at radius 1 is 1.22 bits per heavy atom. The number of pyridine rings is 1. The lowest BCUT2D eigenvalue weighted by Crippen LogP contribution is -2.56. The second kappa shape index (κ2) is 8.37. The number of benzene rings is 1. The van der Waals surface area contributed by atoms with Crippen LogP contribution in [0.3, 0.4) is 0 Å². The van der Waals surface area contributed by atoms with Crippen molar-refractivity contribution in [1.82, 2.24) is 19.8 Å². The van der Waals surface area contributed by atoms with Gasteiger partial charge in [-0.05, 0) is 19.4 Å². The molecule has 5 rings (SSSR count). The molecule has 2 aliphatic rings. The zero-order valence-electron chi connectivity index (χ0n) is 18.5. The van der Waals surface area contributed by atoms with Crippen molar-refractivity contribution >= 4 is 33.0 Å². The van der Waals surface area contributed by atoms with Gasteiger partial charge in [0.2, 0.25) is 10.0 Å². The molecule has 2 atom stereocenters. The van der Waals surface area contributed by atoms with Crippen molar-refractivity contribution < 1.29 is 39.7 Å². The minimum absolute atomic E-state index is 0.0806. The van der Waals surface area contributed by atoms with E-state index < -0.39 is 69.4 Å². The van der Waals surface area contributed by atoms with E-state index in [4.69, 9.17) is 4.52 Å². The molecule has 2 saturated heterocycles. The lowest BCUT2D eigenvalue weighted by molar-refractivity contribution is -0.0448. The molecule has 0 bridgehead atoms. The van der Waals surface area contributed by atoms with E-state index in [0.29, 0.717) is 12.1 Å². The SMILES string of the molecule is CCS(=O)(=O)N[C@@H]1CN2C(=O)N(c3noc4nccc(-c5c(F)cc(F)cc5F)c34)CC[C@@H]2C1(F)F. The number of aromatic nitrogens is 2. The largest absolute Gasteiger partial charge is 0.334 e. The van der Waals surface area contributed by atoms with E-state index in [1.165, 1.54) is 19.2 Å². The van der Waals surface area contributed by atoms with Crippen LogP contribution < -0.4 is 9.62 Å². The highest BCUT2D eigenvalue weighted by atomic mass is 32.2. The summed E-state index contributed by atoms with van der Waals surface area (Å²) >= 11 is 0. The van der Waals surface area contributed by atoms with Gasteiger partial charge in [0.25, 0.3) is 11.6 Å².